The van der Waals surface area contributed by atoms with Crippen LogP contribution in [0.5, 0.6) is 0 Å². The first kappa shape index (κ1) is 16.6. The summed E-state index contributed by atoms with van der Waals surface area (Å²) in [6.45, 7) is 1.63. The third-order valence-electron chi connectivity index (χ3n) is 4.59. The number of rotatable bonds is 5. The topological polar surface area (TPSA) is 38.1 Å². The largest absolute Gasteiger partial charge is 0.341 e. The van der Waals surface area contributed by atoms with E-state index in [0.29, 0.717) is 19.4 Å². The molecule has 1 unspecified atom stereocenters. The normalized spacial score (nSPS) is 17.9. The molecule has 0 saturated carbocycles. The van der Waals surface area contributed by atoms with Crippen LogP contribution in [0.1, 0.15) is 24.8 Å². The van der Waals surface area contributed by atoms with Crippen LogP contribution < -0.4 is 0 Å². The van der Waals surface area contributed by atoms with Crippen LogP contribution >= 0.6 is 0 Å². The summed E-state index contributed by atoms with van der Waals surface area (Å²) < 4.78 is 29.0. The molecule has 1 aliphatic heterocycles. The number of likely N-dealkylation sites (tertiary alicyclic amines) is 1. The van der Waals surface area contributed by atoms with Gasteiger partial charge in [-0.15, -0.1) is 0 Å². The van der Waals surface area contributed by atoms with Gasteiger partial charge in [0.05, 0.1) is 0 Å². The molecule has 2 heterocycles. The lowest BCUT2D eigenvalue weighted by atomic mass is 9.91. The Morgan fingerprint density at radius 3 is 2.75 bits per heavy atom. The molecule has 3 rings (SSSR count). The first-order chi connectivity index (χ1) is 11.6. The van der Waals surface area contributed by atoms with Gasteiger partial charge in [0.2, 0.25) is 5.91 Å². The van der Waals surface area contributed by atoms with Crippen molar-refractivity contribution in [2.45, 2.75) is 32.2 Å². The summed E-state index contributed by atoms with van der Waals surface area (Å²) in [6, 6.07) is 5.75. The van der Waals surface area contributed by atoms with Crippen molar-refractivity contribution in [3.05, 3.63) is 53.9 Å². The maximum absolute atomic E-state index is 13.7. The predicted octanol–water partition coefficient (Wildman–Crippen LogP) is 3.03. The lowest BCUT2D eigenvalue weighted by Crippen LogP contribution is -2.41. The SMILES string of the molecule is O=C(Cn1cccn1)N1CCCC(CCc2c(F)cccc2F)C1. The van der Waals surface area contributed by atoms with Gasteiger partial charge in [0.15, 0.2) is 0 Å². The molecule has 128 valence electrons. The number of aromatic nitrogens is 2. The van der Waals surface area contributed by atoms with Crippen molar-refractivity contribution < 1.29 is 13.6 Å². The lowest BCUT2D eigenvalue weighted by Gasteiger charge is -2.33. The zero-order valence-electron chi connectivity index (χ0n) is 13.5. The van der Waals surface area contributed by atoms with Crippen LogP contribution in [0.2, 0.25) is 0 Å². The summed E-state index contributed by atoms with van der Waals surface area (Å²) in [5, 5.41) is 4.05. The summed E-state index contributed by atoms with van der Waals surface area (Å²) in [5.74, 6) is -0.658. The van der Waals surface area contributed by atoms with Crippen molar-refractivity contribution in [2.24, 2.45) is 5.92 Å². The number of amides is 1. The molecule has 2 aromatic rings. The highest BCUT2D eigenvalue weighted by atomic mass is 19.1. The van der Waals surface area contributed by atoms with Crippen LogP contribution in [0.15, 0.2) is 36.7 Å². The Kier molecular flexibility index (Phi) is 5.23. The Hall–Kier alpha value is -2.24. The first-order valence-electron chi connectivity index (χ1n) is 8.31. The Balaban J connectivity index is 1.54. The number of halogens is 2. The minimum atomic E-state index is -0.488. The van der Waals surface area contributed by atoms with E-state index >= 15 is 0 Å². The fourth-order valence-electron chi connectivity index (χ4n) is 3.28. The molecule has 0 spiro atoms. The number of carbonyl (C=O) groups is 1. The van der Waals surface area contributed by atoms with Crippen LogP contribution in [-0.4, -0.2) is 33.7 Å². The van der Waals surface area contributed by atoms with Crippen molar-refractivity contribution >= 4 is 5.91 Å². The zero-order chi connectivity index (χ0) is 16.9. The summed E-state index contributed by atoms with van der Waals surface area (Å²) in [5.41, 5.74) is 0.150. The van der Waals surface area contributed by atoms with Crippen molar-refractivity contribution in [1.82, 2.24) is 14.7 Å². The molecule has 0 N–H and O–H groups in total. The van der Waals surface area contributed by atoms with Gasteiger partial charge in [-0.2, -0.15) is 5.10 Å². The highest BCUT2D eigenvalue weighted by Crippen LogP contribution is 2.23. The third-order valence-corrected chi connectivity index (χ3v) is 4.59. The molecule has 1 fully saturated rings. The Morgan fingerprint density at radius 1 is 1.25 bits per heavy atom. The minimum Gasteiger partial charge on any atom is -0.341 e. The van der Waals surface area contributed by atoms with Gasteiger partial charge >= 0.3 is 0 Å². The average molecular weight is 333 g/mol. The molecule has 4 nitrogen and oxygen atoms in total. The molecule has 1 aliphatic rings. The van der Waals surface area contributed by atoms with E-state index in [9.17, 15) is 13.6 Å². The van der Waals surface area contributed by atoms with Crippen molar-refractivity contribution in [3.63, 3.8) is 0 Å². The van der Waals surface area contributed by atoms with Gasteiger partial charge in [0.1, 0.15) is 18.2 Å². The van der Waals surface area contributed by atoms with Crippen LogP contribution in [0.4, 0.5) is 8.78 Å². The quantitative estimate of drug-likeness (QED) is 0.843. The molecule has 0 bridgehead atoms. The average Bonchev–Trinajstić information content (AvgIpc) is 3.07. The van der Waals surface area contributed by atoms with E-state index in [0.717, 1.165) is 19.4 Å². The highest BCUT2D eigenvalue weighted by Gasteiger charge is 2.24. The zero-order valence-corrected chi connectivity index (χ0v) is 13.5. The van der Waals surface area contributed by atoms with E-state index in [2.05, 4.69) is 5.10 Å². The molecule has 1 saturated heterocycles. The Bertz CT molecular complexity index is 667. The predicted molar refractivity (Wildman–Crippen MR) is 86.2 cm³/mol. The van der Waals surface area contributed by atoms with E-state index in [1.165, 1.54) is 18.2 Å². The van der Waals surface area contributed by atoms with Gasteiger partial charge in [0, 0.05) is 31.0 Å². The van der Waals surface area contributed by atoms with E-state index in [1.807, 2.05) is 4.90 Å². The van der Waals surface area contributed by atoms with Gasteiger partial charge in [-0.25, -0.2) is 8.78 Å². The molecule has 1 amide bonds. The van der Waals surface area contributed by atoms with Gasteiger partial charge in [-0.05, 0) is 49.8 Å². The molecule has 0 radical (unpaired) electrons. The fraction of sp³-hybridized carbons (Fsp3) is 0.444. The van der Waals surface area contributed by atoms with Crippen LogP contribution in [0, 0.1) is 17.6 Å². The monoisotopic (exact) mass is 333 g/mol. The third kappa shape index (κ3) is 3.99. The summed E-state index contributed by atoms with van der Waals surface area (Å²) >= 11 is 0. The number of benzene rings is 1. The molecule has 1 aromatic heterocycles. The minimum absolute atomic E-state index is 0.0421. The van der Waals surface area contributed by atoms with Crippen molar-refractivity contribution in [1.29, 1.82) is 0 Å². The second-order valence-corrected chi connectivity index (χ2v) is 6.29. The van der Waals surface area contributed by atoms with E-state index in [-0.39, 0.29) is 23.9 Å². The first-order valence-corrected chi connectivity index (χ1v) is 8.31. The summed E-state index contributed by atoms with van der Waals surface area (Å²) in [6.07, 6.45) is 6.38. The maximum Gasteiger partial charge on any atom is 0.244 e. The molecular formula is C18H21F2N3O. The lowest BCUT2D eigenvalue weighted by molar-refractivity contribution is -0.133. The van der Waals surface area contributed by atoms with Gasteiger partial charge in [-0.3, -0.25) is 9.48 Å². The standard InChI is InChI=1S/C18H21F2N3O/c19-16-5-1-6-17(20)15(16)8-7-14-4-2-10-22(12-14)18(24)13-23-11-3-9-21-23/h1,3,5-6,9,11,14H,2,4,7-8,10,12-13H2. The van der Waals surface area contributed by atoms with Gasteiger partial charge in [-0.1, -0.05) is 6.07 Å². The smallest absolute Gasteiger partial charge is 0.244 e. The number of piperidine rings is 1. The van der Waals surface area contributed by atoms with Crippen molar-refractivity contribution in [2.75, 3.05) is 13.1 Å². The Morgan fingerprint density at radius 2 is 2.04 bits per heavy atom. The molecule has 0 aliphatic carbocycles. The highest BCUT2D eigenvalue weighted by molar-refractivity contribution is 5.76. The second kappa shape index (κ2) is 7.55. The van der Waals surface area contributed by atoms with Crippen LogP contribution in [-0.2, 0) is 17.8 Å². The summed E-state index contributed by atoms with van der Waals surface area (Å²) in [4.78, 5) is 14.2. The van der Waals surface area contributed by atoms with Gasteiger partial charge < -0.3 is 4.90 Å². The maximum atomic E-state index is 13.7. The number of carbonyl (C=O) groups excluding carboxylic acids is 1. The molecular weight excluding hydrogens is 312 g/mol. The van der Waals surface area contributed by atoms with Crippen molar-refractivity contribution in [3.8, 4) is 0 Å². The summed E-state index contributed by atoms with van der Waals surface area (Å²) in [7, 11) is 0. The molecule has 24 heavy (non-hydrogen) atoms. The van der Waals surface area contributed by atoms with Crippen LogP contribution in [0.3, 0.4) is 0 Å². The fourth-order valence-corrected chi connectivity index (χ4v) is 3.28. The van der Waals surface area contributed by atoms with E-state index in [1.54, 1.807) is 23.1 Å². The van der Waals surface area contributed by atoms with E-state index < -0.39 is 11.6 Å². The number of hydrogen-bond acceptors (Lipinski definition) is 2. The number of nitrogens with zero attached hydrogens (tertiary/aromatic N) is 3. The number of hydrogen-bond donors (Lipinski definition) is 0. The molecule has 1 aromatic carbocycles. The molecule has 1 atom stereocenters. The van der Waals surface area contributed by atoms with E-state index in [4.69, 9.17) is 0 Å². The Labute approximate surface area is 140 Å². The van der Waals surface area contributed by atoms with Crippen LogP contribution in [0.25, 0.3) is 0 Å². The molecule has 6 heteroatoms. The van der Waals surface area contributed by atoms with Gasteiger partial charge in [0.25, 0.3) is 0 Å². The second-order valence-electron chi connectivity index (χ2n) is 6.29.